The fourth-order valence-electron chi connectivity index (χ4n) is 1.06. The SMILES string of the molecule is CNc1cc(OC)ccc1S(=O)(=O)O. The number of nitrogens with one attached hydrogen (secondary N) is 1. The van der Waals surface area contributed by atoms with Gasteiger partial charge in [-0.25, -0.2) is 0 Å². The number of benzene rings is 1. The minimum atomic E-state index is -4.19. The first-order valence-corrected chi connectivity index (χ1v) is 5.26. The number of hydrogen-bond donors (Lipinski definition) is 2. The van der Waals surface area contributed by atoms with Gasteiger partial charge in [0.15, 0.2) is 0 Å². The summed E-state index contributed by atoms with van der Waals surface area (Å²) in [5.41, 5.74) is 0.298. The molecule has 1 aromatic carbocycles. The van der Waals surface area contributed by atoms with Crippen LogP contribution in [0.25, 0.3) is 0 Å². The summed E-state index contributed by atoms with van der Waals surface area (Å²) in [5.74, 6) is 0.516. The van der Waals surface area contributed by atoms with Gasteiger partial charge < -0.3 is 10.1 Å². The van der Waals surface area contributed by atoms with E-state index in [-0.39, 0.29) is 4.90 Å². The summed E-state index contributed by atoms with van der Waals surface area (Å²) in [6, 6.07) is 4.23. The van der Waals surface area contributed by atoms with Gasteiger partial charge in [-0.1, -0.05) is 0 Å². The van der Waals surface area contributed by atoms with Crippen molar-refractivity contribution >= 4 is 15.8 Å². The van der Waals surface area contributed by atoms with E-state index >= 15 is 0 Å². The van der Waals surface area contributed by atoms with Crippen molar-refractivity contribution in [2.24, 2.45) is 0 Å². The Hall–Kier alpha value is -1.27. The molecule has 0 atom stereocenters. The highest BCUT2D eigenvalue weighted by molar-refractivity contribution is 7.86. The molecule has 0 aliphatic rings. The average Bonchev–Trinajstić information content (AvgIpc) is 2.15. The summed E-state index contributed by atoms with van der Waals surface area (Å²) in [6.07, 6.45) is 0. The molecule has 1 aromatic rings. The molecule has 0 amide bonds. The molecule has 0 fully saturated rings. The Bertz CT molecular complexity index is 427. The van der Waals surface area contributed by atoms with Gasteiger partial charge in [-0.05, 0) is 12.1 Å². The Morgan fingerprint density at radius 1 is 1.43 bits per heavy atom. The molecule has 0 radical (unpaired) electrons. The molecule has 5 nitrogen and oxygen atoms in total. The highest BCUT2D eigenvalue weighted by Crippen LogP contribution is 2.25. The minimum absolute atomic E-state index is 0.166. The third kappa shape index (κ3) is 2.15. The van der Waals surface area contributed by atoms with Crippen molar-refractivity contribution in [3.05, 3.63) is 18.2 Å². The lowest BCUT2D eigenvalue weighted by Gasteiger charge is -2.08. The van der Waals surface area contributed by atoms with Crippen LogP contribution in [0.1, 0.15) is 0 Å². The number of anilines is 1. The largest absolute Gasteiger partial charge is 0.497 e. The van der Waals surface area contributed by atoms with Crippen molar-refractivity contribution in [3.8, 4) is 5.75 Å². The van der Waals surface area contributed by atoms with Gasteiger partial charge in [0.25, 0.3) is 10.1 Å². The second-order valence-corrected chi connectivity index (χ2v) is 3.98. The van der Waals surface area contributed by atoms with Crippen molar-refractivity contribution in [1.82, 2.24) is 0 Å². The molecule has 2 N–H and O–H groups in total. The van der Waals surface area contributed by atoms with E-state index in [0.717, 1.165) is 0 Å². The van der Waals surface area contributed by atoms with E-state index < -0.39 is 10.1 Å². The van der Waals surface area contributed by atoms with E-state index in [4.69, 9.17) is 9.29 Å². The summed E-state index contributed by atoms with van der Waals surface area (Å²) >= 11 is 0. The molecule has 0 aromatic heterocycles. The third-order valence-corrected chi connectivity index (χ3v) is 2.65. The van der Waals surface area contributed by atoms with E-state index in [2.05, 4.69) is 5.32 Å². The molecule has 14 heavy (non-hydrogen) atoms. The Morgan fingerprint density at radius 2 is 2.07 bits per heavy atom. The van der Waals surface area contributed by atoms with Crippen LogP contribution in [-0.4, -0.2) is 27.1 Å². The molecule has 0 aliphatic carbocycles. The maximum Gasteiger partial charge on any atom is 0.296 e. The molecule has 6 heteroatoms. The van der Waals surface area contributed by atoms with Gasteiger partial charge >= 0.3 is 0 Å². The highest BCUT2D eigenvalue weighted by Gasteiger charge is 2.14. The minimum Gasteiger partial charge on any atom is -0.497 e. The zero-order valence-electron chi connectivity index (χ0n) is 7.81. The fraction of sp³-hybridized carbons (Fsp3) is 0.250. The molecule has 78 valence electrons. The molecule has 0 saturated heterocycles. The second kappa shape index (κ2) is 3.85. The predicted octanol–water partition coefficient (Wildman–Crippen LogP) is 0.984. The van der Waals surface area contributed by atoms with Gasteiger partial charge in [-0.3, -0.25) is 4.55 Å². The number of rotatable bonds is 3. The van der Waals surface area contributed by atoms with Gasteiger partial charge in [-0.2, -0.15) is 8.42 Å². The van der Waals surface area contributed by atoms with E-state index in [1.807, 2.05) is 0 Å². The summed E-state index contributed by atoms with van der Waals surface area (Å²) in [7, 11) is -1.16. The van der Waals surface area contributed by atoms with E-state index in [0.29, 0.717) is 11.4 Å². The van der Waals surface area contributed by atoms with Gasteiger partial charge in [0, 0.05) is 13.1 Å². The van der Waals surface area contributed by atoms with Crippen LogP contribution < -0.4 is 10.1 Å². The van der Waals surface area contributed by atoms with E-state index in [1.54, 1.807) is 7.05 Å². The molecular weight excluding hydrogens is 206 g/mol. The lowest BCUT2D eigenvalue weighted by atomic mass is 10.3. The second-order valence-electron chi connectivity index (χ2n) is 2.59. The molecule has 0 heterocycles. The molecule has 0 saturated carbocycles. The fourth-order valence-corrected chi connectivity index (χ4v) is 1.74. The normalized spacial score (nSPS) is 11.1. The van der Waals surface area contributed by atoms with Crippen molar-refractivity contribution < 1.29 is 17.7 Å². The number of ether oxygens (including phenoxy) is 1. The first-order chi connectivity index (χ1) is 6.49. The average molecular weight is 217 g/mol. The van der Waals surface area contributed by atoms with Crippen LogP contribution in [0.5, 0.6) is 5.75 Å². The summed E-state index contributed by atoms with van der Waals surface area (Å²) in [6.45, 7) is 0. The third-order valence-electron chi connectivity index (χ3n) is 1.73. The van der Waals surface area contributed by atoms with Gasteiger partial charge in [-0.15, -0.1) is 0 Å². The lowest BCUT2D eigenvalue weighted by Crippen LogP contribution is -2.03. The standard InChI is InChI=1S/C8H11NO4S/c1-9-7-5-6(13-2)3-4-8(7)14(10,11)12/h3-5,9H,1-2H3,(H,10,11,12). The molecule has 1 rings (SSSR count). The van der Waals surface area contributed by atoms with Gasteiger partial charge in [0.2, 0.25) is 0 Å². The summed E-state index contributed by atoms with van der Waals surface area (Å²) in [4.78, 5) is -0.166. The lowest BCUT2D eigenvalue weighted by molar-refractivity contribution is 0.414. The van der Waals surface area contributed by atoms with Crippen LogP contribution in [0.15, 0.2) is 23.1 Å². The van der Waals surface area contributed by atoms with Crippen LogP contribution in [0, 0.1) is 0 Å². The smallest absolute Gasteiger partial charge is 0.296 e. The molecule has 0 bridgehead atoms. The van der Waals surface area contributed by atoms with E-state index in [1.165, 1.54) is 25.3 Å². The molecule has 0 aliphatic heterocycles. The Morgan fingerprint density at radius 3 is 2.50 bits per heavy atom. The quantitative estimate of drug-likeness (QED) is 0.738. The van der Waals surface area contributed by atoms with Crippen LogP contribution in [0.3, 0.4) is 0 Å². The van der Waals surface area contributed by atoms with Crippen molar-refractivity contribution in [3.63, 3.8) is 0 Å². The highest BCUT2D eigenvalue weighted by atomic mass is 32.2. The first kappa shape index (κ1) is 10.8. The van der Waals surface area contributed by atoms with Crippen LogP contribution in [0.2, 0.25) is 0 Å². The Kier molecular flexibility index (Phi) is 2.97. The summed E-state index contributed by atoms with van der Waals surface area (Å²) < 4.78 is 35.5. The zero-order valence-corrected chi connectivity index (χ0v) is 8.63. The predicted molar refractivity (Wildman–Crippen MR) is 52.4 cm³/mol. The monoisotopic (exact) mass is 217 g/mol. The van der Waals surface area contributed by atoms with Crippen molar-refractivity contribution in [1.29, 1.82) is 0 Å². The zero-order chi connectivity index (χ0) is 10.8. The molecule has 0 spiro atoms. The number of methoxy groups -OCH3 is 1. The van der Waals surface area contributed by atoms with Crippen LogP contribution >= 0.6 is 0 Å². The van der Waals surface area contributed by atoms with E-state index in [9.17, 15) is 8.42 Å². The van der Waals surface area contributed by atoms with Gasteiger partial charge in [0.05, 0.1) is 12.8 Å². The van der Waals surface area contributed by atoms with Crippen molar-refractivity contribution in [2.75, 3.05) is 19.5 Å². The Balaban J connectivity index is 3.33. The summed E-state index contributed by atoms with van der Waals surface area (Å²) in [5, 5.41) is 2.66. The van der Waals surface area contributed by atoms with Gasteiger partial charge in [0.1, 0.15) is 10.6 Å². The first-order valence-electron chi connectivity index (χ1n) is 3.82. The number of hydrogen-bond acceptors (Lipinski definition) is 4. The topological polar surface area (TPSA) is 75.6 Å². The molecule has 0 unspecified atom stereocenters. The maximum absolute atomic E-state index is 10.9. The maximum atomic E-state index is 10.9. The van der Waals surface area contributed by atoms with Crippen molar-refractivity contribution in [2.45, 2.75) is 4.90 Å². The van der Waals surface area contributed by atoms with Crippen LogP contribution in [-0.2, 0) is 10.1 Å². The molecular formula is C8H11NO4S. The van der Waals surface area contributed by atoms with Crippen LogP contribution in [0.4, 0.5) is 5.69 Å². The Labute approximate surface area is 82.5 Å².